The van der Waals surface area contributed by atoms with Crippen molar-refractivity contribution in [1.82, 2.24) is 10.1 Å². The molecule has 0 atom stereocenters. The van der Waals surface area contributed by atoms with Crippen LogP contribution in [0.5, 0.6) is 5.75 Å². The van der Waals surface area contributed by atoms with Crippen molar-refractivity contribution in [2.24, 2.45) is 0 Å². The Kier molecular flexibility index (Phi) is 4.99. The van der Waals surface area contributed by atoms with Crippen LogP contribution in [0, 0.1) is 17.0 Å². The molecule has 26 heavy (non-hydrogen) atoms. The van der Waals surface area contributed by atoms with Crippen molar-refractivity contribution >= 4 is 28.4 Å². The van der Waals surface area contributed by atoms with Crippen molar-refractivity contribution < 1.29 is 14.2 Å². The van der Waals surface area contributed by atoms with E-state index in [1.54, 1.807) is 56.5 Å². The van der Waals surface area contributed by atoms with Crippen LogP contribution < -0.4 is 4.74 Å². The number of aryl methyl sites for hydroxylation is 1. The van der Waals surface area contributed by atoms with Crippen LogP contribution in [0.15, 0.2) is 47.0 Å². The summed E-state index contributed by atoms with van der Waals surface area (Å²) in [4.78, 5) is 14.9. The first-order valence-corrected chi connectivity index (χ1v) is 7.96. The maximum absolute atomic E-state index is 11.0. The summed E-state index contributed by atoms with van der Waals surface area (Å²) in [5, 5.41) is 15.1. The molecule has 0 saturated carbocycles. The maximum Gasteiger partial charge on any atom is 0.272 e. The highest BCUT2D eigenvalue weighted by molar-refractivity contribution is 6.50. The van der Waals surface area contributed by atoms with E-state index in [0.717, 1.165) is 11.3 Å². The summed E-state index contributed by atoms with van der Waals surface area (Å²) < 4.78 is 10.3. The Morgan fingerprint density at radius 3 is 2.65 bits per heavy atom. The van der Waals surface area contributed by atoms with Crippen molar-refractivity contribution in [1.29, 1.82) is 0 Å². The van der Waals surface area contributed by atoms with Crippen LogP contribution in [0.2, 0.25) is 0 Å². The second kappa shape index (κ2) is 7.37. The molecule has 7 nitrogen and oxygen atoms in total. The Hall–Kier alpha value is -3.19. The highest BCUT2D eigenvalue weighted by atomic mass is 35.5. The highest BCUT2D eigenvalue weighted by Crippen LogP contribution is 2.27. The first-order valence-electron chi connectivity index (χ1n) is 7.58. The third-order valence-corrected chi connectivity index (χ3v) is 3.97. The van der Waals surface area contributed by atoms with Gasteiger partial charge >= 0.3 is 0 Å². The summed E-state index contributed by atoms with van der Waals surface area (Å²) in [7, 11) is 1.58. The van der Waals surface area contributed by atoms with E-state index in [2.05, 4.69) is 10.1 Å². The van der Waals surface area contributed by atoms with Gasteiger partial charge in [-0.25, -0.2) is 0 Å². The van der Waals surface area contributed by atoms with Gasteiger partial charge in [0.05, 0.1) is 12.0 Å². The molecule has 0 unspecified atom stereocenters. The number of hydrogen-bond acceptors (Lipinski definition) is 6. The quantitative estimate of drug-likeness (QED) is 0.477. The second-order valence-electron chi connectivity index (χ2n) is 5.45. The summed E-state index contributed by atoms with van der Waals surface area (Å²) in [6.07, 6.45) is 1.54. The van der Waals surface area contributed by atoms with Crippen LogP contribution in [0.25, 0.3) is 22.5 Å². The Balaban J connectivity index is 1.87. The number of aromatic nitrogens is 2. The molecule has 1 heterocycles. The molecule has 0 amide bonds. The van der Waals surface area contributed by atoms with Gasteiger partial charge in [0.1, 0.15) is 10.8 Å². The molecule has 2 aromatic carbocycles. The predicted octanol–water partition coefficient (Wildman–Crippen LogP) is 4.70. The van der Waals surface area contributed by atoms with Gasteiger partial charge in [0, 0.05) is 17.2 Å². The Morgan fingerprint density at radius 1 is 1.27 bits per heavy atom. The Morgan fingerprint density at radius 2 is 2.00 bits per heavy atom. The number of benzene rings is 2. The van der Waals surface area contributed by atoms with E-state index >= 15 is 0 Å². The van der Waals surface area contributed by atoms with Crippen LogP contribution in [0.3, 0.4) is 0 Å². The lowest BCUT2D eigenvalue weighted by Crippen LogP contribution is -1.92. The summed E-state index contributed by atoms with van der Waals surface area (Å²) in [5.41, 5.74) is 1.91. The zero-order valence-electron chi connectivity index (χ0n) is 14.0. The minimum absolute atomic E-state index is 0.0210. The smallest absolute Gasteiger partial charge is 0.272 e. The van der Waals surface area contributed by atoms with E-state index in [9.17, 15) is 10.1 Å². The average Bonchev–Trinajstić information content (AvgIpc) is 3.13. The number of nitrogens with zero attached hydrogens (tertiary/aromatic N) is 3. The fraction of sp³-hybridized carbons (Fsp3) is 0.111. The van der Waals surface area contributed by atoms with Gasteiger partial charge in [-0.2, -0.15) is 4.98 Å². The molecule has 132 valence electrons. The Bertz CT molecular complexity index is 980. The van der Waals surface area contributed by atoms with Gasteiger partial charge in [0.15, 0.2) is 0 Å². The monoisotopic (exact) mass is 371 g/mol. The highest BCUT2D eigenvalue weighted by Gasteiger charge is 2.14. The van der Waals surface area contributed by atoms with Gasteiger partial charge in [-0.1, -0.05) is 28.9 Å². The van der Waals surface area contributed by atoms with Crippen LogP contribution in [-0.2, 0) is 0 Å². The first-order chi connectivity index (χ1) is 12.5. The number of ether oxygens (including phenoxy) is 1. The molecule has 3 aromatic rings. The third-order valence-electron chi connectivity index (χ3n) is 3.70. The molecule has 0 spiro atoms. The summed E-state index contributed by atoms with van der Waals surface area (Å²) >= 11 is 6.24. The fourth-order valence-corrected chi connectivity index (χ4v) is 2.50. The number of methoxy groups -OCH3 is 1. The summed E-state index contributed by atoms with van der Waals surface area (Å²) in [6, 6.07) is 12.0. The van der Waals surface area contributed by atoms with E-state index < -0.39 is 4.92 Å². The van der Waals surface area contributed by atoms with E-state index in [4.69, 9.17) is 20.9 Å². The lowest BCUT2D eigenvalue weighted by Gasteiger charge is -1.99. The molecule has 0 aliphatic carbocycles. The number of rotatable bonds is 5. The van der Waals surface area contributed by atoms with Crippen molar-refractivity contribution in [2.75, 3.05) is 7.11 Å². The fourth-order valence-electron chi connectivity index (χ4n) is 2.30. The number of hydrogen-bond donors (Lipinski definition) is 0. The second-order valence-corrected chi connectivity index (χ2v) is 5.85. The van der Waals surface area contributed by atoms with Gasteiger partial charge < -0.3 is 9.26 Å². The molecular weight excluding hydrogens is 358 g/mol. The lowest BCUT2D eigenvalue weighted by molar-refractivity contribution is -0.385. The van der Waals surface area contributed by atoms with Gasteiger partial charge in [0.2, 0.25) is 5.82 Å². The SMILES string of the molecule is COc1ccc(-c2noc(/C(Cl)=C/c3ccc(C)c([N+](=O)[O-])c3)n2)cc1. The van der Waals surface area contributed by atoms with Crippen LogP contribution in [-0.4, -0.2) is 22.2 Å². The molecule has 1 aromatic heterocycles. The molecule has 3 rings (SSSR count). The topological polar surface area (TPSA) is 91.3 Å². The minimum atomic E-state index is -0.435. The zero-order chi connectivity index (χ0) is 18.7. The number of nitro groups is 1. The molecule has 8 heteroatoms. The zero-order valence-corrected chi connectivity index (χ0v) is 14.7. The first kappa shape index (κ1) is 17.6. The molecule has 0 N–H and O–H groups in total. The van der Waals surface area contributed by atoms with Crippen LogP contribution >= 0.6 is 11.6 Å². The van der Waals surface area contributed by atoms with Crippen molar-refractivity contribution in [2.45, 2.75) is 6.92 Å². The van der Waals surface area contributed by atoms with Gasteiger partial charge in [-0.15, -0.1) is 0 Å². The number of nitro benzene ring substituents is 1. The molecule has 0 bridgehead atoms. The standard InChI is InChI=1S/C18H14ClN3O4/c1-11-3-4-12(10-16(11)22(23)24)9-15(19)18-20-17(21-26-18)13-5-7-14(25-2)8-6-13/h3-10H,1-2H3/b15-9-. The molecule has 0 aliphatic rings. The molecule has 0 aliphatic heterocycles. The van der Waals surface area contributed by atoms with E-state index in [1.165, 1.54) is 6.07 Å². The minimum Gasteiger partial charge on any atom is -0.497 e. The van der Waals surface area contributed by atoms with E-state index in [-0.39, 0.29) is 16.6 Å². The Labute approximate surface area is 154 Å². The maximum atomic E-state index is 11.0. The molecule has 0 fully saturated rings. The van der Waals surface area contributed by atoms with E-state index in [0.29, 0.717) is 17.0 Å². The third kappa shape index (κ3) is 3.73. The molecule has 0 radical (unpaired) electrons. The van der Waals surface area contributed by atoms with Gasteiger partial charge in [-0.3, -0.25) is 10.1 Å². The molecular formula is C18H14ClN3O4. The summed E-state index contributed by atoms with van der Waals surface area (Å²) in [5.74, 6) is 1.22. The normalized spacial score (nSPS) is 11.4. The predicted molar refractivity (Wildman–Crippen MR) is 97.8 cm³/mol. The van der Waals surface area contributed by atoms with Gasteiger partial charge in [0.25, 0.3) is 11.6 Å². The largest absolute Gasteiger partial charge is 0.497 e. The lowest BCUT2D eigenvalue weighted by atomic mass is 10.1. The molecule has 0 saturated heterocycles. The van der Waals surface area contributed by atoms with Crippen LogP contribution in [0.1, 0.15) is 17.0 Å². The van der Waals surface area contributed by atoms with Crippen LogP contribution in [0.4, 0.5) is 5.69 Å². The van der Waals surface area contributed by atoms with Crippen molar-refractivity contribution in [3.8, 4) is 17.1 Å². The van der Waals surface area contributed by atoms with Gasteiger partial charge in [-0.05, 0) is 42.8 Å². The summed E-state index contributed by atoms with van der Waals surface area (Å²) in [6.45, 7) is 1.67. The van der Waals surface area contributed by atoms with E-state index in [1.807, 2.05) is 0 Å². The number of halogens is 1. The van der Waals surface area contributed by atoms with Crippen molar-refractivity contribution in [3.63, 3.8) is 0 Å². The van der Waals surface area contributed by atoms with Crippen molar-refractivity contribution in [3.05, 3.63) is 69.6 Å². The average molecular weight is 372 g/mol.